The van der Waals surface area contributed by atoms with Gasteiger partial charge in [-0.15, -0.1) is 0 Å². The van der Waals surface area contributed by atoms with Crippen LogP contribution in [0.2, 0.25) is 0 Å². The fourth-order valence-electron chi connectivity index (χ4n) is 2.29. The highest BCUT2D eigenvalue weighted by molar-refractivity contribution is 5.69. The van der Waals surface area contributed by atoms with E-state index in [2.05, 4.69) is 12.1 Å². The average molecular weight is 303 g/mol. The molecule has 1 aliphatic rings. The quantitative estimate of drug-likeness (QED) is 0.788. The summed E-state index contributed by atoms with van der Waals surface area (Å²) in [6, 6.07) is 7.80. The third-order valence-electron chi connectivity index (χ3n) is 3.29. The molecular formula is C17H21NO4. The number of hydrogen-bond acceptors (Lipinski definition) is 4. The minimum Gasteiger partial charge on any atom is -0.460 e. The van der Waals surface area contributed by atoms with Crippen molar-refractivity contribution in [3.8, 4) is 0 Å². The zero-order valence-electron chi connectivity index (χ0n) is 13.5. The topological polar surface area (TPSA) is 55.8 Å². The molecule has 0 atom stereocenters. The molecule has 0 fully saturated rings. The smallest absolute Gasteiger partial charge is 0.410 e. The SMILES string of the molecule is CC(=O)OCc1c#ccc2c1CN(C(=O)OC(C)(C)C)CC2. The van der Waals surface area contributed by atoms with Crippen LogP contribution >= 0.6 is 0 Å². The molecule has 0 N–H and O–H groups in total. The molecule has 118 valence electrons. The maximum absolute atomic E-state index is 12.2. The second kappa shape index (κ2) is 6.27. The molecule has 0 spiro atoms. The number of fused-ring (bicyclic) bond motifs is 1. The monoisotopic (exact) mass is 303 g/mol. The number of carbonyl (C=O) groups is 2. The maximum atomic E-state index is 12.2. The van der Waals surface area contributed by atoms with E-state index in [9.17, 15) is 9.59 Å². The summed E-state index contributed by atoms with van der Waals surface area (Å²) in [6.07, 6.45) is 0.400. The van der Waals surface area contributed by atoms with Crippen molar-refractivity contribution in [2.24, 2.45) is 0 Å². The average Bonchev–Trinajstić information content (AvgIpc) is 2.42. The molecule has 5 heteroatoms. The van der Waals surface area contributed by atoms with E-state index in [-0.39, 0.29) is 18.7 Å². The van der Waals surface area contributed by atoms with E-state index in [1.807, 2.05) is 26.8 Å². The lowest BCUT2D eigenvalue weighted by atomic mass is 9.97. The van der Waals surface area contributed by atoms with Crippen LogP contribution in [0.1, 0.15) is 44.4 Å². The number of amides is 1. The summed E-state index contributed by atoms with van der Waals surface area (Å²) in [5, 5.41) is 0. The number of esters is 1. The highest BCUT2D eigenvalue weighted by atomic mass is 16.6. The fraction of sp³-hybridized carbons (Fsp3) is 0.529. The van der Waals surface area contributed by atoms with Crippen molar-refractivity contribution in [3.05, 3.63) is 34.9 Å². The van der Waals surface area contributed by atoms with E-state index >= 15 is 0 Å². The first kappa shape index (κ1) is 16.2. The molecule has 0 saturated carbocycles. The molecule has 5 nitrogen and oxygen atoms in total. The zero-order chi connectivity index (χ0) is 16.3. The van der Waals surface area contributed by atoms with Gasteiger partial charge in [0.05, 0.1) is 6.54 Å². The Labute approximate surface area is 131 Å². The molecule has 0 saturated heterocycles. The molecule has 1 aromatic rings. The van der Waals surface area contributed by atoms with Gasteiger partial charge in [0, 0.05) is 19.0 Å². The van der Waals surface area contributed by atoms with Crippen LogP contribution < -0.4 is 0 Å². The van der Waals surface area contributed by atoms with Crippen molar-refractivity contribution in [2.45, 2.75) is 52.9 Å². The van der Waals surface area contributed by atoms with Gasteiger partial charge in [-0.2, -0.15) is 0 Å². The summed E-state index contributed by atoms with van der Waals surface area (Å²) < 4.78 is 10.5. The molecule has 0 unspecified atom stereocenters. The van der Waals surface area contributed by atoms with Crippen molar-refractivity contribution >= 4 is 12.1 Å². The Morgan fingerprint density at radius 1 is 1.36 bits per heavy atom. The number of ether oxygens (including phenoxy) is 2. The van der Waals surface area contributed by atoms with Gasteiger partial charge in [0.25, 0.3) is 0 Å². The number of hydrogen-bond donors (Lipinski definition) is 0. The van der Waals surface area contributed by atoms with E-state index in [1.54, 1.807) is 4.90 Å². The van der Waals surface area contributed by atoms with Crippen molar-refractivity contribution in [2.75, 3.05) is 6.54 Å². The standard InChI is InChI=1S/C17H21NO4/c1-12(19)21-11-14-7-5-6-13-8-9-18(10-15(13)14)16(20)22-17(2,3)4/h6H,8-11H2,1-4H3. The van der Waals surface area contributed by atoms with Crippen LogP contribution in [0.5, 0.6) is 0 Å². The van der Waals surface area contributed by atoms with E-state index in [0.29, 0.717) is 13.1 Å². The largest absolute Gasteiger partial charge is 0.460 e. The summed E-state index contributed by atoms with van der Waals surface area (Å²) in [5.74, 6) is -0.342. The van der Waals surface area contributed by atoms with Crippen LogP contribution in [-0.2, 0) is 33.8 Å². The van der Waals surface area contributed by atoms with Gasteiger partial charge in [0.2, 0.25) is 0 Å². The Morgan fingerprint density at radius 3 is 2.73 bits per heavy atom. The van der Waals surface area contributed by atoms with Crippen LogP contribution in [0.15, 0.2) is 6.07 Å². The van der Waals surface area contributed by atoms with Crippen LogP contribution in [0, 0.1) is 12.1 Å². The first-order chi connectivity index (χ1) is 10.3. The fourth-order valence-corrected chi connectivity index (χ4v) is 2.29. The summed E-state index contributed by atoms with van der Waals surface area (Å²) in [7, 11) is 0. The lowest BCUT2D eigenvalue weighted by molar-refractivity contribution is -0.142. The van der Waals surface area contributed by atoms with Crippen LogP contribution in [0.25, 0.3) is 0 Å². The second-order valence-electron chi connectivity index (χ2n) is 6.33. The van der Waals surface area contributed by atoms with Crippen LogP contribution in [0.3, 0.4) is 0 Å². The molecule has 1 heterocycles. The van der Waals surface area contributed by atoms with E-state index in [4.69, 9.17) is 9.47 Å². The molecule has 0 bridgehead atoms. The van der Waals surface area contributed by atoms with Gasteiger partial charge in [0.1, 0.15) is 12.2 Å². The molecule has 22 heavy (non-hydrogen) atoms. The summed E-state index contributed by atoms with van der Waals surface area (Å²) >= 11 is 0. The van der Waals surface area contributed by atoms with Crippen LogP contribution in [-0.4, -0.2) is 29.1 Å². The molecule has 2 rings (SSSR count). The molecule has 1 aromatic carbocycles. The van der Waals surface area contributed by atoms with E-state index in [1.165, 1.54) is 6.92 Å². The number of rotatable bonds is 2. The van der Waals surface area contributed by atoms with Crippen LogP contribution in [0.4, 0.5) is 4.79 Å². The highest BCUT2D eigenvalue weighted by Gasteiger charge is 2.27. The van der Waals surface area contributed by atoms with Gasteiger partial charge >= 0.3 is 12.1 Å². The van der Waals surface area contributed by atoms with Gasteiger partial charge in [0.15, 0.2) is 0 Å². The van der Waals surface area contributed by atoms with Crippen molar-refractivity contribution in [1.82, 2.24) is 4.90 Å². The number of carbonyl (C=O) groups excluding carboxylic acids is 2. The van der Waals surface area contributed by atoms with E-state index < -0.39 is 5.60 Å². The van der Waals surface area contributed by atoms with Crippen molar-refractivity contribution in [3.63, 3.8) is 0 Å². The molecular weight excluding hydrogens is 282 g/mol. The Balaban J connectivity index is 2.14. The van der Waals surface area contributed by atoms with Gasteiger partial charge in [-0.1, -0.05) is 12.1 Å². The summed E-state index contributed by atoms with van der Waals surface area (Å²) in [4.78, 5) is 24.9. The second-order valence-corrected chi connectivity index (χ2v) is 6.33. The lowest BCUT2D eigenvalue weighted by Crippen LogP contribution is -2.40. The lowest BCUT2D eigenvalue weighted by Gasteiger charge is -2.31. The summed E-state index contributed by atoms with van der Waals surface area (Å²) in [6.45, 7) is 8.09. The molecule has 1 aliphatic heterocycles. The van der Waals surface area contributed by atoms with Gasteiger partial charge in [-0.3, -0.25) is 4.79 Å². The third-order valence-corrected chi connectivity index (χ3v) is 3.29. The van der Waals surface area contributed by atoms with E-state index in [0.717, 1.165) is 23.1 Å². The third kappa shape index (κ3) is 4.14. The van der Waals surface area contributed by atoms with Gasteiger partial charge in [-0.05, 0) is 44.4 Å². The predicted octanol–water partition coefficient (Wildman–Crippen LogP) is 2.64. The first-order valence-electron chi connectivity index (χ1n) is 7.30. The summed E-state index contributed by atoms with van der Waals surface area (Å²) in [5.41, 5.74) is 2.33. The first-order valence-corrected chi connectivity index (χ1v) is 7.30. The molecule has 1 amide bonds. The minimum atomic E-state index is -0.519. The van der Waals surface area contributed by atoms with Gasteiger partial charge < -0.3 is 14.4 Å². The maximum Gasteiger partial charge on any atom is 0.410 e. The number of nitrogens with zero attached hydrogens (tertiary/aromatic N) is 1. The Morgan fingerprint density at radius 2 is 2.09 bits per heavy atom. The highest BCUT2D eigenvalue weighted by Crippen LogP contribution is 2.23. The Bertz CT molecular complexity index is 575. The van der Waals surface area contributed by atoms with Gasteiger partial charge in [-0.25, -0.2) is 4.79 Å². The zero-order valence-corrected chi connectivity index (χ0v) is 13.5. The minimum absolute atomic E-state index is 0.150. The predicted molar refractivity (Wildman–Crippen MR) is 79.9 cm³/mol. The molecule has 0 aromatic heterocycles. The Kier molecular flexibility index (Phi) is 4.60. The normalized spacial score (nSPS) is 13.9. The molecule has 0 aliphatic carbocycles. The van der Waals surface area contributed by atoms with Crippen molar-refractivity contribution in [1.29, 1.82) is 0 Å². The van der Waals surface area contributed by atoms with Crippen molar-refractivity contribution < 1.29 is 19.1 Å². The Hall–Kier alpha value is -2.22. The molecule has 0 radical (unpaired) electrons.